The fraction of sp³-hybridized carbons (Fsp3) is 0.571. The SMILES string of the molecule is CSc1ccc(C(=O)NCC2(O)CCCCC2)cn1. The molecule has 0 radical (unpaired) electrons. The zero-order valence-corrected chi connectivity index (χ0v) is 12.0. The number of carbonyl (C=O) groups excluding carboxylic acids is 1. The summed E-state index contributed by atoms with van der Waals surface area (Å²) in [4.78, 5) is 16.1. The Morgan fingerprint density at radius 1 is 1.42 bits per heavy atom. The molecule has 0 aromatic carbocycles. The van der Waals surface area contributed by atoms with Gasteiger partial charge in [0.1, 0.15) is 0 Å². The standard InChI is InChI=1S/C14H20N2O2S/c1-19-12-6-5-11(9-15-12)13(17)16-10-14(18)7-3-2-4-8-14/h5-6,9,18H,2-4,7-8,10H2,1H3,(H,16,17). The molecule has 4 nitrogen and oxygen atoms in total. The summed E-state index contributed by atoms with van der Waals surface area (Å²) in [6, 6.07) is 3.59. The molecule has 0 bridgehead atoms. The Morgan fingerprint density at radius 2 is 2.16 bits per heavy atom. The van der Waals surface area contributed by atoms with Gasteiger partial charge in [-0.05, 0) is 31.2 Å². The number of rotatable bonds is 4. The molecule has 1 aliphatic carbocycles. The Labute approximate surface area is 118 Å². The normalized spacial score (nSPS) is 18.0. The van der Waals surface area contributed by atoms with Gasteiger partial charge in [0.25, 0.3) is 5.91 Å². The van der Waals surface area contributed by atoms with Crippen LogP contribution in [0.25, 0.3) is 0 Å². The number of hydrogen-bond donors (Lipinski definition) is 2. The molecule has 1 aromatic rings. The predicted molar refractivity (Wildman–Crippen MR) is 76.4 cm³/mol. The quantitative estimate of drug-likeness (QED) is 0.830. The van der Waals surface area contributed by atoms with Crippen molar-refractivity contribution in [3.63, 3.8) is 0 Å². The van der Waals surface area contributed by atoms with E-state index in [4.69, 9.17) is 0 Å². The number of thioether (sulfide) groups is 1. The number of hydrogen-bond acceptors (Lipinski definition) is 4. The monoisotopic (exact) mass is 280 g/mol. The molecule has 0 atom stereocenters. The van der Waals surface area contributed by atoms with Crippen molar-refractivity contribution in [2.24, 2.45) is 0 Å². The van der Waals surface area contributed by atoms with E-state index in [1.807, 2.05) is 12.3 Å². The number of nitrogens with one attached hydrogen (secondary N) is 1. The van der Waals surface area contributed by atoms with Crippen LogP contribution in [0.15, 0.2) is 23.4 Å². The summed E-state index contributed by atoms with van der Waals surface area (Å²) >= 11 is 1.54. The number of aliphatic hydroxyl groups is 1. The van der Waals surface area contributed by atoms with Crippen molar-refractivity contribution in [1.82, 2.24) is 10.3 Å². The maximum absolute atomic E-state index is 12.0. The van der Waals surface area contributed by atoms with E-state index in [0.29, 0.717) is 12.1 Å². The van der Waals surface area contributed by atoms with Crippen molar-refractivity contribution in [3.05, 3.63) is 23.9 Å². The van der Waals surface area contributed by atoms with E-state index in [2.05, 4.69) is 10.3 Å². The second kappa shape index (κ2) is 6.39. The first-order chi connectivity index (χ1) is 9.13. The van der Waals surface area contributed by atoms with E-state index in [1.54, 1.807) is 24.0 Å². The summed E-state index contributed by atoms with van der Waals surface area (Å²) in [7, 11) is 0. The van der Waals surface area contributed by atoms with Gasteiger partial charge in [-0.3, -0.25) is 4.79 Å². The van der Waals surface area contributed by atoms with Crippen molar-refractivity contribution < 1.29 is 9.90 Å². The largest absolute Gasteiger partial charge is 0.388 e. The third-order valence-electron chi connectivity index (χ3n) is 3.57. The second-order valence-corrected chi connectivity index (χ2v) is 5.88. The molecule has 5 heteroatoms. The molecule has 1 fully saturated rings. The van der Waals surface area contributed by atoms with Gasteiger partial charge < -0.3 is 10.4 Å². The molecule has 19 heavy (non-hydrogen) atoms. The van der Waals surface area contributed by atoms with Gasteiger partial charge in [0, 0.05) is 12.7 Å². The van der Waals surface area contributed by atoms with Gasteiger partial charge in [0.05, 0.1) is 16.2 Å². The van der Waals surface area contributed by atoms with E-state index in [0.717, 1.165) is 30.7 Å². The van der Waals surface area contributed by atoms with Crippen LogP contribution in [0.1, 0.15) is 42.5 Å². The van der Waals surface area contributed by atoms with Crippen LogP contribution in [-0.4, -0.2) is 34.4 Å². The zero-order chi connectivity index (χ0) is 13.7. The molecule has 1 aromatic heterocycles. The van der Waals surface area contributed by atoms with Gasteiger partial charge in [-0.15, -0.1) is 11.8 Å². The molecule has 2 rings (SSSR count). The van der Waals surface area contributed by atoms with E-state index < -0.39 is 5.60 Å². The lowest BCUT2D eigenvalue weighted by Crippen LogP contribution is -2.44. The minimum Gasteiger partial charge on any atom is -0.388 e. The van der Waals surface area contributed by atoms with Crippen LogP contribution < -0.4 is 5.32 Å². The number of aromatic nitrogens is 1. The minimum absolute atomic E-state index is 0.167. The summed E-state index contributed by atoms with van der Waals surface area (Å²) in [5, 5.41) is 14.0. The Bertz CT molecular complexity index is 428. The average Bonchev–Trinajstić information content (AvgIpc) is 2.46. The molecule has 1 saturated carbocycles. The van der Waals surface area contributed by atoms with E-state index in [9.17, 15) is 9.90 Å². The van der Waals surface area contributed by atoms with E-state index >= 15 is 0 Å². The first-order valence-corrected chi connectivity index (χ1v) is 7.86. The fourth-order valence-corrected chi connectivity index (χ4v) is 2.73. The Morgan fingerprint density at radius 3 is 2.74 bits per heavy atom. The number of amides is 1. The average molecular weight is 280 g/mol. The highest BCUT2D eigenvalue weighted by Gasteiger charge is 2.29. The van der Waals surface area contributed by atoms with E-state index in [1.165, 1.54) is 6.42 Å². The van der Waals surface area contributed by atoms with Gasteiger partial charge in [-0.2, -0.15) is 0 Å². The summed E-state index contributed by atoms with van der Waals surface area (Å²) in [6.45, 7) is 0.329. The molecular formula is C14H20N2O2S. The van der Waals surface area contributed by atoms with Crippen LogP contribution in [0.2, 0.25) is 0 Å². The zero-order valence-electron chi connectivity index (χ0n) is 11.2. The first kappa shape index (κ1) is 14.3. The third-order valence-corrected chi connectivity index (χ3v) is 4.23. The molecular weight excluding hydrogens is 260 g/mol. The van der Waals surface area contributed by atoms with Crippen molar-refractivity contribution in [2.75, 3.05) is 12.8 Å². The molecule has 0 saturated heterocycles. The minimum atomic E-state index is -0.722. The molecule has 104 valence electrons. The molecule has 0 unspecified atom stereocenters. The van der Waals surface area contributed by atoms with Gasteiger partial charge >= 0.3 is 0 Å². The third kappa shape index (κ3) is 3.94. The molecule has 1 heterocycles. The topological polar surface area (TPSA) is 62.2 Å². The van der Waals surface area contributed by atoms with Gasteiger partial charge in [-0.1, -0.05) is 19.3 Å². The van der Waals surface area contributed by atoms with Gasteiger partial charge in [0.2, 0.25) is 0 Å². The van der Waals surface area contributed by atoms with Gasteiger partial charge in [0.15, 0.2) is 0 Å². The van der Waals surface area contributed by atoms with Crippen molar-refractivity contribution >= 4 is 17.7 Å². The fourth-order valence-electron chi connectivity index (χ4n) is 2.37. The van der Waals surface area contributed by atoms with Crippen LogP contribution in [0.3, 0.4) is 0 Å². The highest BCUT2D eigenvalue weighted by Crippen LogP contribution is 2.27. The highest BCUT2D eigenvalue weighted by molar-refractivity contribution is 7.98. The van der Waals surface area contributed by atoms with Crippen molar-refractivity contribution in [1.29, 1.82) is 0 Å². The van der Waals surface area contributed by atoms with Crippen LogP contribution in [0, 0.1) is 0 Å². The predicted octanol–water partition coefficient (Wildman–Crippen LogP) is 2.23. The summed E-state index contributed by atoms with van der Waals surface area (Å²) in [6.07, 6.45) is 8.32. The Hall–Kier alpha value is -1.07. The molecule has 0 aliphatic heterocycles. The van der Waals surface area contributed by atoms with Gasteiger partial charge in [-0.25, -0.2) is 4.98 Å². The van der Waals surface area contributed by atoms with Crippen LogP contribution in [-0.2, 0) is 0 Å². The number of carbonyl (C=O) groups is 1. The lowest BCUT2D eigenvalue weighted by atomic mass is 9.85. The number of nitrogens with zero attached hydrogens (tertiary/aromatic N) is 1. The lowest BCUT2D eigenvalue weighted by Gasteiger charge is -2.32. The molecule has 2 N–H and O–H groups in total. The summed E-state index contributed by atoms with van der Waals surface area (Å²) in [5.74, 6) is -0.167. The maximum atomic E-state index is 12.0. The molecule has 1 aliphatic rings. The van der Waals surface area contributed by atoms with Crippen LogP contribution in [0.5, 0.6) is 0 Å². The van der Waals surface area contributed by atoms with Crippen LogP contribution >= 0.6 is 11.8 Å². The smallest absolute Gasteiger partial charge is 0.252 e. The second-order valence-electron chi connectivity index (χ2n) is 5.06. The Kier molecular flexibility index (Phi) is 4.82. The highest BCUT2D eigenvalue weighted by atomic mass is 32.2. The lowest BCUT2D eigenvalue weighted by molar-refractivity contribution is 0.00525. The maximum Gasteiger partial charge on any atom is 0.252 e. The molecule has 1 amide bonds. The number of pyridine rings is 1. The van der Waals surface area contributed by atoms with E-state index in [-0.39, 0.29) is 5.91 Å². The van der Waals surface area contributed by atoms with Crippen molar-refractivity contribution in [2.45, 2.75) is 42.7 Å². The summed E-state index contributed by atoms with van der Waals surface area (Å²) in [5.41, 5.74) is -0.183. The van der Waals surface area contributed by atoms with Crippen LogP contribution in [0.4, 0.5) is 0 Å². The van der Waals surface area contributed by atoms with Crippen molar-refractivity contribution in [3.8, 4) is 0 Å². The first-order valence-electron chi connectivity index (χ1n) is 6.64. The molecule has 0 spiro atoms. The Balaban J connectivity index is 1.89. The summed E-state index contributed by atoms with van der Waals surface area (Å²) < 4.78 is 0.